The predicted octanol–water partition coefficient (Wildman–Crippen LogP) is 4.88. The van der Waals surface area contributed by atoms with Gasteiger partial charge in [0.2, 0.25) is 0 Å². The summed E-state index contributed by atoms with van der Waals surface area (Å²) in [5.74, 6) is 0. The Morgan fingerprint density at radius 1 is 1.13 bits per heavy atom. The van der Waals surface area contributed by atoms with E-state index in [4.69, 9.17) is 0 Å². The van der Waals surface area contributed by atoms with Crippen molar-refractivity contribution in [3.05, 3.63) is 71.0 Å². The fourth-order valence-electron chi connectivity index (χ4n) is 2.42. The summed E-state index contributed by atoms with van der Waals surface area (Å²) in [5, 5.41) is 7.82. The number of hydrogen-bond acceptors (Lipinski definition) is 2. The molecule has 0 aliphatic rings. The molecule has 116 valence electrons. The highest BCUT2D eigenvalue weighted by Crippen LogP contribution is 2.22. The van der Waals surface area contributed by atoms with Crippen LogP contribution in [0.5, 0.6) is 0 Å². The summed E-state index contributed by atoms with van der Waals surface area (Å²) in [5.41, 5.74) is 1.82. The van der Waals surface area contributed by atoms with Crippen molar-refractivity contribution in [2.75, 3.05) is 5.32 Å². The van der Waals surface area contributed by atoms with Gasteiger partial charge in [-0.2, -0.15) is 0 Å². The molecule has 0 fully saturated rings. The van der Waals surface area contributed by atoms with E-state index >= 15 is 0 Å². The standard InChI is InChI=1S/C18H16BrN3O/c1-12(13-5-7-15(19)8-6-13)21-18(23)22-17-4-2-3-14-11-20-10-9-16(14)17/h2-12H,1H3,(H2,21,22,23)/t12-/m1/s1. The molecular formula is C18H16BrN3O. The van der Waals surface area contributed by atoms with Crippen LogP contribution < -0.4 is 10.6 Å². The van der Waals surface area contributed by atoms with E-state index in [9.17, 15) is 4.79 Å². The monoisotopic (exact) mass is 369 g/mol. The molecule has 1 heterocycles. The molecule has 2 N–H and O–H groups in total. The first kappa shape index (κ1) is 15.5. The average molecular weight is 370 g/mol. The average Bonchev–Trinajstić information content (AvgIpc) is 2.55. The molecule has 0 saturated heterocycles. The fourth-order valence-corrected chi connectivity index (χ4v) is 2.69. The van der Waals surface area contributed by atoms with Crippen LogP contribution in [0.2, 0.25) is 0 Å². The van der Waals surface area contributed by atoms with Crippen LogP contribution in [0.25, 0.3) is 10.8 Å². The molecule has 0 spiro atoms. The molecule has 0 aliphatic heterocycles. The van der Waals surface area contributed by atoms with Crippen molar-refractivity contribution in [3.63, 3.8) is 0 Å². The van der Waals surface area contributed by atoms with E-state index in [1.807, 2.05) is 55.5 Å². The highest BCUT2D eigenvalue weighted by Gasteiger charge is 2.10. The second kappa shape index (κ2) is 6.79. The smallest absolute Gasteiger partial charge is 0.319 e. The molecule has 0 aliphatic carbocycles. The summed E-state index contributed by atoms with van der Waals surface area (Å²) >= 11 is 3.41. The Morgan fingerprint density at radius 2 is 1.91 bits per heavy atom. The second-order valence-corrected chi connectivity index (χ2v) is 6.19. The van der Waals surface area contributed by atoms with Crippen molar-refractivity contribution < 1.29 is 4.79 Å². The predicted molar refractivity (Wildman–Crippen MR) is 96.5 cm³/mol. The van der Waals surface area contributed by atoms with Gasteiger partial charge in [0.1, 0.15) is 0 Å². The molecule has 2 aromatic carbocycles. The van der Waals surface area contributed by atoms with E-state index in [1.54, 1.807) is 12.4 Å². The molecule has 5 heteroatoms. The number of rotatable bonds is 3. The molecule has 3 rings (SSSR count). The fraction of sp³-hybridized carbons (Fsp3) is 0.111. The van der Waals surface area contributed by atoms with Crippen LogP contribution in [0.1, 0.15) is 18.5 Å². The number of nitrogens with one attached hydrogen (secondary N) is 2. The van der Waals surface area contributed by atoms with Crippen molar-refractivity contribution in [1.29, 1.82) is 0 Å². The van der Waals surface area contributed by atoms with Crippen LogP contribution in [0.4, 0.5) is 10.5 Å². The summed E-state index contributed by atoms with van der Waals surface area (Å²) in [7, 11) is 0. The number of amides is 2. The second-order valence-electron chi connectivity index (χ2n) is 5.27. The molecule has 23 heavy (non-hydrogen) atoms. The van der Waals surface area contributed by atoms with Gasteiger partial charge in [0.05, 0.1) is 11.7 Å². The van der Waals surface area contributed by atoms with Crippen LogP contribution in [0, 0.1) is 0 Å². The number of carbonyl (C=O) groups excluding carboxylic acids is 1. The molecule has 0 bridgehead atoms. The molecule has 1 atom stereocenters. The quantitative estimate of drug-likeness (QED) is 0.691. The molecular weight excluding hydrogens is 354 g/mol. The van der Waals surface area contributed by atoms with E-state index in [0.29, 0.717) is 0 Å². The van der Waals surface area contributed by atoms with Gasteiger partial charge in [-0.15, -0.1) is 0 Å². The number of anilines is 1. The van der Waals surface area contributed by atoms with Crippen LogP contribution in [0.15, 0.2) is 65.4 Å². The molecule has 2 amide bonds. The summed E-state index contributed by atoms with van der Waals surface area (Å²) in [6.45, 7) is 1.95. The molecule has 0 unspecified atom stereocenters. The molecule has 0 radical (unpaired) electrons. The minimum absolute atomic E-state index is 0.0836. The zero-order valence-electron chi connectivity index (χ0n) is 12.6. The Hall–Kier alpha value is -2.40. The Balaban J connectivity index is 1.72. The Morgan fingerprint density at radius 3 is 2.70 bits per heavy atom. The van der Waals surface area contributed by atoms with Gasteiger partial charge in [0.15, 0.2) is 0 Å². The van der Waals surface area contributed by atoms with Crippen LogP contribution in [0.3, 0.4) is 0 Å². The summed E-state index contributed by atoms with van der Waals surface area (Å²) < 4.78 is 1.02. The van der Waals surface area contributed by atoms with E-state index < -0.39 is 0 Å². The SMILES string of the molecule is C[C@@H](NC(=O)Nc1cccc2cnccc12)c1ccc(Br)cc1. The first-order valence-electron chi connectivity index (χ1n) is 7.29. The molecule has 3 aromatic rings. The van der Waals surface area contributed by atoms with Crippen LogP contribution in [-0.2, 0) is 0 Å². The van der Waals surface area contributed by atoms with Crippen molar-refractivity contribution >= 4 is 38.4 Å². The largest absolute Gasteiger partial charge is 0.331 e. The zero-order valence-corrected chi connectivity index (χ0v) is 14.2. The zero-order chi connectivity index (χ0) is 16.2. The number of pyridine rings is 1. The Kier molecular flexibility index (Phi) is 4.57. The number of carbonyl (C=O) groups is 1. The number of urea groups is 1. The normalized spacial score (nSPS) is 11.9. The van der Waals surface area contributed by atoms with Crippen LogP contribution >= 0.6 is 15.9 Å². The van der Waals surface area contributed by atoms with Gasteiger partial charge >= 0.3 is 6.03 Å². The number of nitrogens with zero attached hydrogens (tertiary/aromatic N) is 1. The summed E-state index contributed by atoms with van der Waals surface area (Å²) in [6, 6.07) is 15.2. The highest BCUT2D eigenvalue weighted by molar-refractivity contribution is 9.10. The number of benzene rings is 2. The summed E-state index contributed by atoms with van der Waals surface area (Å²) in [6.07, 6.45) is 3.50. The maximum Gasteiger partial charge on any atom is 0.319 e. The number of aromatic nitrogens is 1. The van der Waals surface area contributed by atoms with Gasteiger partial charge in [0, 0.05) is 27.6 Å². The highest BCUT2D eigenvalue weighted by atomic mass is 79.9. The van der Waals surface area contributed by atoms with Crippen molar-refractivity contribution in [3.8, 4) is 0 Å². The number of fused-ring (bicyclic) bond motifs is 1. The maximum atomic E-state index is 12.3. The van der Waals surface area contributed by atoms with Gasteiger partial charge in [-0.05, 0) is 36.8 Å². The van der Waals surface area contributed by atoms with Gasteiger partial charge in [0.25, 0.3) is 0 Å². The maximum absolute atomic E-state index is 12.3. The van der Waals surface area contributed by atoms with Gasteiger partial charge in [-0.1, -0.05) is 40.2 Å². The Labute approximate surface area is 143 Å². The van der Waals surface area contributed by atoms with E-state index in [0.717, 1.165) is 26.5 Å². The molecule has 1 aromatic heterocycles. The summed E-state index contributed by atoms with van der Waals surface area (Å²) in [4.78, 5) is 16.4. The molecule has 0 saturated carbocycles. The van der Waals surface area contributed by atoms with Crippen molar-refractivity contribution in [2.45, 2.75) is 13.0 Å². The first-order chi connectivity index (χ1) is 11.1. The third kappa shape index (κ3) is 3.68. The first-order valence-corrected chi connectivity index (χ1v) is 8.08. The number of halogens is 1. The Bertz CT molecular complexity index is 828. The van der Waals surface area contributed by atoms with E-state index in [1.165, 1.54) is 0 Å². The molecule has 4 nitrogen and oxygen atoms in total. The van der Waals surface area contributed by atoms with Gasteiger partial charge < -0.3 is 10.6 Å². The van der Waals surface area contributed by atoms with E-state index in [2.05, 4.69) is 31.5 Å². The topological polar surface area (TPSA) is 54.0 Å². The lowest BCUT2D eigenvalue weighted by atomic mass is 10.1. The van der Waals surface area contributed by atoms with Gasteiger partial charge in [-0.25, -0.2) is 4.79 Å². The lowest BCUT2D eigenvalue weighted by Gasteiger charge is -2.16. The third-order valence-corrected chi connectivity index (χ3v) is 4.18. The lowest BCUT2D eigenvalue weighted by molar-refractivity contribution is 0.249. The van der Waals surface area contributed by atoms with Crippen LogP contribution in [-0.4, -0.2) is 11.0 Å². The van der Waals surface area contributed by atoms with Crippen molar-refractivity contribution in [2.24, 2.45) is 0 Å². The third-order valence-electron chi connectivity index (χ3n) is 3.65. The number of hydrogen-bond donors (Lipinski definition) is 2. The van der Waals surface area contributed by atoms with E-state index in [-0.39, 0.29) is 12.1 Å². The van der Waals surface area contributed by atoms with Crippen molar-refractivity contribution in [1.82, 2.24) is 10.3 Å². The van der Waals surface area contributed by atoms with Gasteiger partial charge in [-0.3, -0.25) is 4.98 Å². The lowest BCUT2D eigenvalue weighted by Crippen LogP contribution is -2.31. The minimum Gasteiger partial charge on any atom is -0.331 e. The minimum atomic E-state index is -0.232.